The summed E-state index contributed by atoms with van der Waals surface area (Å²) in [5.41, 5.74) is 0. The molecule has 0 aromatic rings. The van der Waals surface area contributed by atoms with Gasteiger partial charge in [-0.25, -0.2) is 0 Å². The molecule has 0 spiro atoms. The molecule has 1 rings (SSSR count). The van der Waals surface area contributed by atoms with Crippen molar-refractivity contribution in [3.05, 3.63) is 0 Å². The molecule has 1 saturated heterocycles. The maximum atomic E-state index is 12.0. The van der Waals surface area contributed by atoms with Gasteiger partial charge in [0.15, 0.2) is 0 Å². The molecule has 2 unspecified atom stereocenters. The third-order valence-corrected chi connectivity index (χ3v) is 3.19. The summed E-state index contributed by atoms with van der Waals surface area (Å²) in [5, 5.41) is 14.8. The molecule has 3 N–H and O–H groups in total. The zero-order valence-corrected chi connectivity index (χ0v) is 10.5. The molecule has 1 fully saturated rings. The smallest absolute Gasteiger partial charge is 0.305 e. The Balaban J connectivity index is 2.47. The molecule has 0 bridgehead atoms. The van der Waals surface area contributed by atoms with E-state index < -0.39 is 5.97 Å². The van der Waals surface area contributed by atoms with E-state index in [0.29, 0.717) is 6.54 Å². The highest BCUT2D eigenvalue weighted by molar-refractivity contribution is 5.80. The Kier molecular flexibility index (Phi) is 5.41. The number of hydrogen-bond donors (Lipinski definition) is 3. The van der Waals surface area contributed by atoms with Crippen molar-refractivity contribution in [2.75, 3.05) is 13.1 Å². The fraction of sp³-hybridized carbons (Fsp3) is 0.833. The second kappa shape index (κ2) is 6.59. The van der Waals surface area contributed by atoms with Crippen LogP contribution in [0.15, 0.2) is 0 Å². The summed E-state index contributed by atoms with van der Waals surface area (Å²) in [5.74, 6) is -0.770. The van der Waals surface area contributed by atoms with Crippen LogP contribution in [0.25, 0.3) is 0 Å². The van der Waals surface area contributed by atoms with Crippen molar-refractivity contribution in [2.24, 2.45) is 11.8 Å². The fourth-order valence-corrected chi connectivity index (χ4v) is 2.02. The average molecular weight is 242 g/mol. The van der Waals surface area contributed by atoms with Crippen LogP contribution in [-0.4, -0.2) is 36.1 Å². The molecule has 0 aromatic heterocycles. The Morgan fingerprint density at radius 3 is 2.65 bits per heavy atom. The molecular weight excluding hydrogens is 220 g/mol. The minimum atomic E-state index is -0.870. The van der Waals surface area contributed by atoms with Gasteiger partial charge in [-0.15, -0.1) is 0 Å². The normalized spacial score (nSPS) is 22.2. The zero-order valence-electron chi connectivity index (χ0n) is 10.5. The Morgan fingerprint density at radius 2 is 2.18 bits per heavy atom. The molecule has 5 nitrogen and oxygen atoms in total. The second-order valence-corrected chi connectivity index (χ2v) is 5.00. The van der Waals surface area contributed by atoms with E-state index >= 15 is 0 Å². The standard InChI is InChI=1S/C12H22N2O3/c1-8(2)10(6-11(15)16)14-12(17)9-4-3-5-13-7-9/h8-10,13H,3-7H2,1-2H3,(H,14,17)(H,15,16). The number of carboxylic acids is 1. The van der Waals surface area contributed by atoms with E-state index in [9.17, 15) is 9.59 Å². The molecular formula is C12H22N2O3. The molecule has 2 atom stereocenters. The molecule has 0 aromatic carbocycles. The summed E-state index contributed by atoms with van der Waals surface area (Å²) in [6.45, 7) is 5.51. The molecule has 17 heavy (non-hydrogen) atoms. The van der Waals surface area contributed by atoms with Crippen molar-refractivity contribution in [2.45, 2.75) is 39.2 Å². The van der Waals surface area contributed by atoms with Gasteiger partial charge in [0, 0.05) is 12.6 Å². The zero-order chi connectivity index (χ0) is 12.8. The summed E-state index contributed by atoms with van der Waals surface area (Å²) >= 11 is 0. The summed E-state index contributed by atoms with van der Waals surface area (Å²) in [6.07, 6.45) is 1.88. The Labute approximate surface area is 102 Å². The molecule has 0 radical (unpaired) electrons. The number of piperidine rings is 1. The van der Waals surface area contributed by atoms with Crippen LogP contribution in [-0.2, 0) is 9.59 Å². The van der Waals surface area contributed by atoms with E-state index in [0.717, 1.165) is 19.4 Å². The van der Waals surface area contributed by atoms with Crippen molar-refractivity contribution < 1.29 is 14.7 Å². The number of carbonyl (C=O) groups excluding carboxylic acids is 1. The van der Waals surface area contributed by atoms with Crippen LogP contribution in [0.1, 0.15) is 33.1 Å². The number of rotatable bonds is 5. The summed E-state index contributed by atoms with van der Waals surface area (Å²) in [6, 6.07) is -0.276. The predicted molar refractivity (Wildman–Crippen MR) is 64.6 cm³/mol. The van der Waals surface area contributed by atoms with E-state index in [4.69, 9.17) is 5.11 Å². The molecule has 1 heterocycles. The minimum Gasteiger partial charge on any atom is -0.481 e. The number of aliphatic carboxylic acids is 1. The first-order valence-corrected chi connectivity index (χ1v) is 6.23. The number of hydrogen-bond acceptors (Lipinski definition) is 3. The van der Waals surface area contributed by atoms with Crippen molar-refractivity contribution in [3.8, 4) is 0 Å². The minimum absolute atomic E-state index is 0.0104. The quantitative estimate of drug-likeness (QED) is 0.659. The van der Waals surface area contributed by atoms with Crippen LogP contribution in [0.4, 0.5) is 0 Å². The van der Waals surface area contributed by atoms with Gasteiger partial charge in [0.05, 0.1) is 12.3 Å². The van der Waals surface area contributed by atoms with Gasteiger partial charge in [0.25, 0.3) is 0 Å². The van der Waals surface area contributed by atoms with Crippen LogP contribution in [0.5, 0.6) is 0 Å². The van der Waals surface area contributed by atoms with Crippen LogP contribution in [0.3, 0.4) is 0 Å². The topological polar surface area (TPSA) is 78.4 Å². The molecule has 98 valence electrons. The highest BCUT2D eigenvalue weighted by Gasteiger charge is 2.25. The van der Waals surface area contributed by atoms with E-state index in [2.05, 4.69) is 10.6 Å². The molecule has 1 aliphatic heterocycles. The van der Waals surface area contributed by atoms with Crippen molar-refractivity contribution in [3.63, 3.8) is 0 Å². The van der Waals surface area contributed by atoms with Crippen LogP contribution in [0.2, 0.25) is 0 Å². The predicted octanol–water partition coefficient (Wildman–Crippen LogP) is 0.602. The highest BCUT2D eigenvalue weighted by atomic mass is 16.4. The monoisotopic (exact) mass is 242 g/mol. The van der Waals surface area contributed by atoms with Crippen molar-refractivity contribution in [1.82, 2.24) is 10.6 Å². The first-order chi connectivity index (χ1) is 8.00. The molecule has 1 aliphatic rings. The molecule has 1 amide bonds. The van der Waals surface area contributed by atoms with Crippen LogP contribution in [0, 0.1) is 11.8 Å². The Morgan fingerprint density at radius 1 is 1.47 bits per heavy atom. The van der Waals surface area contributed by atoms with Gasteiger partial charge in [-0.1, -0.05) is 13.8 Å². The second-order valence-electron chi connectivity index (χ2n) is 5.00. The van der Waals surface area contributed by atoms with Crippen molar-refractivity contribution >= 4 is 11.9 Å². The fourth-order valence-electron chi connectivity index (χ4n) is 2.02. The first kappa shape index (κ1) is 14.0. The number of carbonyl (C=O) groups is 2. The molecule has 5 heteroatoms. The third-order valence-electron chi connectivity index (χ3n) is 3.19. The lowest BCUT2D eigenvalue weighted by Gasteiger charge is -2.26. The maximum Gasteiger partial charge on any atom is 0.305 e. The van der Waals surface area contributed by atoms with Gasteiger partial charge in [-0.05, 0) is 25.3 Å². The number of carboxylic acid groups (broad SMARTS) is 1. The highest BCUT2D eigenvalue weighted by Crippen LogP contribution is 2.12. The summed E-state index contributed by atoms with van der Waals surface area (Å²) in [7, 11) is 0. The van der Waals surface area contributed by atoms with E-state index in [1.54, 1.807) is 0 Å². The van der Waals surface area contributed by atoms with Crippen molar-refractivity contribution in [1.29, 1.82) is 0 Å². The average Bonchev–Trinajstić information content (AvgIpc) is 2.28. The van der Waals surface area contributed by atoms with Gasteiger partial charge in [0.1, 0.15) is 0 Å². The van der Waals surface area contributed by atoms with Crippen LogP contribution >= 0.6 is 0 Å². The van der Waals surface area contributed by atoms with Gasteiger partial charge in [0.2, 0.25) is 5.91 Å². The lowest BCUT2D eigenvalue weighted by Crippen LogP contribution is -2.46. The lowest BCUT2D eigenvalue weighted by atomic mass is 9.96. The SMILES string of the molecule is CC(C)C(CC(=O)O)NC(=O)C1CCCNC1. The lowest BCUT2D eigenvalue weighted by molar-refractivity contribution is -0.138. The summed E-state index contributed by atoms with van der Waals surface area (Å²) in [4.78, 5) is 22.7. The number of nitrogens with one attached hydrogen (secondary N) is 2. The van der Waals surface area contributed by atoms with Gasteiger partial charge in [-0.3, -0.25) is 9.59 Å². The molecule has 0 aliphatic carbocycles. The van der Waals surface area contributed by atoms with E-state index in [-0.39, 0.29) is 30.2 Å². The largest absolute Gasteiger partial charge is 0.481 e. The Bertz CT molecular complexity index is 273. The maximum absolute atomic E-state index is 12.0. The number of amides is 1. The van der Waals surface area contributed by atoms with Crippen LogP contribution < -0.4 is 10.6 Å². The third kappa shape index (κ3) is 4.73. The first-order valence-electron chi connectivity index (χ1n) is 6.23. The van der Waals surface area contributed by atoms with E-state index in [1.807, 2.05) is 13.8 Å². The van der Waals surface area contributed by atoms with E-state index in [1.165, 1.54) is 0 Å². The van der Waals surface area contributed by atoms with Gasteiger partial charge >= 0.3 is 5.97 Å². The Hall–Kier alpha value is -1.10. The summed E-state index contributed by atoms with van der Waals surface area (Å²) < 4.78 is 0. The molecule has 0 saturated carbocycles. The van der Waals surface area contributed by atoms with Gasteiger partial charge < -0.3 is 15.7 Å². The van der Waals surface area contributed by atoms with Gasteiger partial charge in [-0.2, -0.15) is 0 Å².